The van der Waals surface area contributed by atoms with Crippen molar-refractivity contribution in [2.75, 3.05) is 26.4 Å². The van der Waals surface area contributed by atoms with Gasteiger partial charge in [-0.3, -0.25) is 4.79 Å². The Hall–Kier alpha value is -1.87. The Morgan fingerprint density at radius 2 is 2.00 bits per heavy atom. The molecule has 1 fully saturated rings. The van der Waals surface area contributed by atoms with Crippen LogP contribution in [0.15, 0.2) is 0 Å². The molecule has 0 bridgehead atoms. The van der Waals surface area contributed by atoms with Gasteiger partial charge in [-0.1, -0.05) is 0 Å². The molecule has 1 aliphatic rings. The van der Waals surface area contributed by atoms with Crippen molar-refractivity contribution in [1.82, 2.24) is 10.6 Å². The van der Waals surface area contributed by atoms with Crippen LogP contribution in [0, 0.1) is 0 Å². The zero-order chi connectivity index (χ0) is 14.3. The summed E-state index contributed by atoms with van der Waals surface area (Å²) in [7, 11) is 0. The summed E-state index contributed by atoms with van der Waals surface area (Å²) in [5.74, 6) is -2.72. The SMILES string of the molecule is O=C(O)C[C@@H](NC(=O)NCC1COCCO1)C(=O)O. The van der Waals surface area contributed by atoms with Crippen molar-refractivity contribution < 1.29 is 34.1 Å². The lowest BCUT2D eigenvalue weighted by Crippen LogP contribution is -2.49. The number of nitrogens with one attached hydrogen (secondary N) is 2. The van der Waals surface area contributed by atoms with Gasteiger partial charge >= 0.3 is 18.0 Å². The molecule has 0 aliphatic carbocycles. The number of carboxylic acid groups (broad SMARTS) is 2. The quantitative estimate of drug-likeness (QED) is 0.470. The molecule has 0 saturated carbocycles. The predicted molar refractivity (Wildman–Crippen MR) is 60.8 cm³/mol. The first kappa shape index (κ1) is 15.2. The molecular formula is C10H16N2O7. The van der Waals surface area contributed by atoms with Crippen LogP contribution >= 0.6 is 0 Å². The summed E-state index contributed by atoms with van der Waals surface area (Å²) in [5, 5.41) is 21.7. The molecule has 1 heterocycles. The molecule has 108 valence electrons. The van der Waals surface area contributed by atoms with Crippen molar-refractivity contribution in [3.63, 3.8) is 0 Å². The van der Waals surface area contributed by atoms with Crippen molar-refractivity contribution in [2.45, 2.75) is 18.6 Å². The van der Waals surface area contributed by atoms with Gasteiger partial charge in [-0.2, -0.15) is 0 Å². The summed E-state index contributed by atoms with van der Waals surface area (Å²) in [4.78, 5) is 32.6. The van der Waals surface area contributed by atoms with Crippen LogP contribution in [-0.4, -0.2) is 66.7 Å². The highest BCUT2D eigenvalue weighted by Gasteiger charge is 2.23. The van der Waals surface area contributed by atoms with Crippen molar-refractivity contribution in [3.8, 4) is 0 Å². The molecule has 0 aromatic carbocycles. The zero-order valence-electron chi connectivity index (χ0n) is 10.1. The van der Waals surface area contributed by atoms with E-state index in [-0.39, 0.29) is 12.6 Å². The minimum absolute atomic E-state index is 0.158. The molecule has 9 heteroatoms. The lowest BCUT2D eigenvalue weighted by molar-refractivity contribution is -0.145. The number of rotatable bonds is 6. The molecule has 1 rings (SSSR count). The maximum Gasteiger partial charge on any atom is 0.326 e. The Morgan fingerprint density at radius 3 is 2.53 bits per heavy atom. The van der Waals surface area contributed by atoms with E-state index >= 15 is 0 Å². The van der Waals surface area contributed by atoms with Crippen LogP contribution in [0.4, 0.5) is 4.79 Å². The van der Waals surface area contributed by atoms with Crippen LogP contribution in [0.5, 0.6) is 0 Å². The number of aliphatic carboxylic acids is 2. The second-order valence-corrected chi connectivity index (χ2v) is 3.91. The molecule has 9 nitrogen and oxygen atoms in total. The van der Waals surface area contributed by atoms with Crippen LogP contribution in [0.25, 0.3) is 0 Å². The number of carbonyl (C=O) groups is 3. The highest BCUT2D eigenvalue weighted by molar-refractivity contribution is 5.86. The molecule has 0 aromatic heterocycles. The van der Waals surface area contributed by atoms with Crippen molar-refractivity contribution in [1.29, 1.82) is 0 Å². The fourth-order valence-electron chi connectivity index (χ4n) is 1.44. The van der Waals surface area contributed by atoms with Gasteiger partial charge < -0.3 is 30.3 Å². The van der Waals surface area contributed by atoms with Gasteiger partial charge in [0.2, 0.25) is 0 Å². The van der Waals surface area contributed by atoms with Gasteiger partial charge in [0, 0.05) is 6.54 Å². The highest BCUT2D eigenvalue weighted by Crippen LogP contribution is 1.99. The fourth-order valence-corrected chi connectivity index (χ4v) is 1.44. The van der Waals surface area contributed by atoms with Gasteiger partial charge in [0.1, 0.15) is 6.04 Å². The van der Waals surface area contributed by atoms with Gasteiger partial charge in [0.15, 0.2) is 0 Å². The third-order valence-electron chi connectivity index (χ3n) is 2.36. The lowest BCUT2D eigenvalue weighted by Gasteiger charge is -2.23. The van der Waals surface area contributed by atoms with Crippen LogP contribution in [0.2, 0.25) is 0 Å². The molecule has 4 N–H and O–H groups in total. The normalized spacial score (nSPS) is 20.3. The highest BCUT2D eigenvalue weighted by atomic mass is 16.6. The molecule has 0 radical (unpaired) electrons. The van der Waals surface area contributed by atoms with E-state index in [1.165, 1.54) is 0 Å². The largest absolute Gasteiger partial charge is 0.481 e. The molecule has 19 heavy (non-hydrogen) atoms. The summed E-state index contributed by atoms with van der Waals surface area (Å²) in [6.45, 7) is 1.44. The van der Waals surface area contributed by atoms with Gasteiger partial charge in [-0.25, -0.2) is 9.59 Å². The molecule has 0 spiro atoms. The first-order valence-electron chi connectivity index (χ1n) is 5.67. The van der Waals surface area contributed by atoms with E-state index < -0.39 is 30.4 Å². The third kappa shape index (κ3) is 6.02. The van der Waals surface area contributed by atoms with Gasteiger partial charge in [-0.05, 0) is 0 Å². The second-order valence-electron chi connectivity index (χ2n) is 3.91. The molecule has 1 saturated heterocycles. The third-order valence-corrected chi connectivity index (χ3v) is 2.36. The maximum atomic E-state index is 11.4. The van der Waals surface area contributed by atoms with Crippen molar-refractivity contribution in [3.05, 3.63) is 0 Å². The maximum absolute atomic E-state index is 11.4. The Labute approximate surface area is 108 Å². The van der Waals surface area contributed by atoms with Crippen LogP contribution in [-0.2, 0) is 19.1 Å². The van der Waals surface area contributed by atoms with Crippen molar-refractivity contribution in [2.24, 2.45) is 0 Å². The smallest absolute Gasteiger partial charge is 0.326 e. The predicted octanol–water partition coefficient (Wildman–Crippen LogP) is -1.37. The fraction of sp³-hybridized carbons (Fsp3) is 0.700. The Kier molecular flexibility index (Phi) is 6.03. The Balaban J connectivity index is 2.31. The summed E-state index contributed by atoms with van der Waals surface area (Å²) >= 11 is 0. The summed E-state index contributed by atoms with van der Waals surface area (Å²) in [6.07, 6.45) is -0.978. The molecule has 0 aromatic rings. The van der Waals surface area contributed by atoms with E-state index in [0.717, 1.165) is 0 Å². The van der Waals surface area contributed by atoms with E-state index in [0.29, 0.717) is 19.8 Å². The van der Waals surface area contributed by atoms with Gasteiger partial charge in [-0.15, -0.1) is 0 Å². The number of carbonyl (C=O) groups excluding carboxylic acids is 1. The number of hydrogen-bond donors (Lipinski definition) is 4. The second kappa shape index (κ2) is 7.54. The molecule has 1 aliphatic heterocycles. The first-order chi connectivity index (χ1) is 8.99. The topological polar surface area (TPSA) is 134 Å². The number of ether oxygens (including phenoxy) is 2. The Bertz CT molecular complexity index is 341. The molecule has 2 atom stereocenters. The average molecular weight is 276 g/mol. The van der Waals surface area contributed by atoms with E-state index in [1.807, 2.05) is 0 Å². The van der Waals surface area contributed by atoms with E-state index in [9.17, 15) is 14.4 Å². The average Bonchev–Trinajstić information content (AvgIpc) is 2.36. The monoisotopic (exact) mass is 276 g/mol. The summed E-state index contributed by atoms with van der Waals surface area (Å²) in [5.41, 5.74) is 0. The summed E-state index contributed by atoms with van der Waals surface area (Å²) < 4.78 is 10.4. The number of hydrogen-bond acceptors (Lipinski definition) is 5. The molecule has 1 unspecified atom stereocenters. The molecular weight excluding hydrogens is 260 g/mol. The zero-order valence-corrected chi connectivity index (χ0v) is 10.1. The van der Waals surface area contributed by atoms with Crippen LogP contribution in [0.1, 0.15) is 6.42 Å². The standard InChI is InChI=1S/C10H16N2O7/c13-8(14)3-7(9(15)16)12-10(17)11-4-6-5-18-1-2-19-6/h6-7H,1-5H2,(H,13,14)(H,15,16)(H2,11,12,17)/t6?,7-/m1/s1. The van der Waals surface area contributed by atoms with Gasteiger partial charge in [0.25, 0.3) is 0 Å². The minimum atomic E-state index is -1.47. The number of amides is 2. The van der Waals surface area contributed by atoms with Crippen LogP contribution < -0.4 is 10.6 Å². The van der Waals surface area contributed by atoms with E-state index in [4.69, 9.17) is 19.7 Å². The number of urea groups is 1. The van der Waals surface area contributed by atoms with Crippen molar-refractivity contribution >= 4 is 18.0 Å². The summed E-state index contributed by atoms with van der Waals surface area (Å²) in [6, 6.07) is -2.23. The Morgan fingerprint density at radius 1 is 1.26 bits per heavy atom. The van der Waals surface area contributed by atoms with Gasteiger partial charge in [0.05, 0.1) is 32.3 Å². The number of carboxylic acids is 2. The lowest BCUT2D eigenvalue weighted by atomic mass is 10.2. The minimum Gasteiger partial charge on any atom is -0.481 e. The van der Waals surface area contributed by atoms with E-state index in [1.54, 1.807) is 0 Å². The molecule has 2 amide bonds. The first-order valence-corrected chi connectivity index (χ1v) is 5.67. The van der Waals surface area contributed by atoms with E-state index in [2.05, 4.69) is 10.6 Å². The van der Waals surface area contributed by atoms with Crippen LogP contribution in [0.3, 0.4) is 0 Å².